The quantitative estimate of drug-likeness (QED) is 0.472. The number of carbonyl (C=O) groups is 2. The second-order valence-corrected chi connectivity index (χ2v) is 4.67. The predicted octanol–water partition coefficient (Wildman–Crippen LogP) is -0.847. The lowest BCUT2D eigenvalue weighted by Crippen LogP contribution is -2.37. The van der Waals surface area contributed by atoms with Crippen molar-refractivity contribution in [3.05, 3.63) is 10.1 Å². The van der Waals surface area contributed by atoms with E-state index in [0.717, 1.165) is 0 Å². The van der Waals surface area contributed by atoms with Crippen molar-refractivity contribution in [3.63, 3.8) is 0 Å². The molecule has 1 unspecified atom stereocenters. The van der Waals surface area contributed by atoms with E-state index in [0.29, 0.717) is 0 Å². The van der Waals surface area contributed by atoms with Gasteiger partial charge < -0.3 is 24.5 Å². The van der Waals surface area contributed by atoms with Crippen molar-refractivity contribution in [1.29, 1.82) is 0 Å². The number of fused-ring (bicyclic) bond motifs is 1. The van der Waals surface area contributed by atoms with Crippen LogP contribution in [0.25, 0.3) is 0 Å². The highest BCUT2D eigenvalue weighted by Crippen LogP contribution is 2.37. The van der Waals surface area contributed by atoms with Crippen LogP contribution in [0.15, 0.2) is 0 Å². The first-order valence-electron chi connectivity index (χ1n) is 5.89. The van der Waals surface area contributed by atoms with Gasteiger partial charge in [-0.25, -0.2) is 0 Å². The summed E-state index contributed by atoms with van der Waals surface area (Å²) >= 11 is 0. The van der Waals surface area contributed by atoms with Crippen molar-refractivity contribution >= 4 is 11.9 Å². The molecule has 2 rings (SSSR count). The van der Waals surface area contributed by atoms with Crippen LogP contribution >= 0.6 is 0 Å². The zero-order valence-corrected chi connectivity index (χ0v) is 10.2. The van der Waals surface area contributed by atoms with Gasteiger partial charge in [0, 0.05) is 5.92 Å². The first kappa shape index (κ1) is 14.5. The number of nitrogens with zero attached hydrogens (tertiary/aromatic N) is 1. The monoisotopic (exact) mass is 291 g/mol. The van der Waals surface area contributed by atoms with Crippen molar-refractivity contribution < 1.29 is 39.2 Å². The fraction of sp³-hybridized carbons (Fsp3) is 0.800. The van der Waals surface area contributed by atoms with E-state index in [2.05, 4.69) is 4.84 Å². The molecule has 0 aromatic rings. The summed E-state index contributed by atoms with van der Waals surface area (Å²) in [4.78, 5) is 36.6. The van der Waals surface area contributed by atoms with Crippen molar-refractivity contribution in [2.75, 3.05) is 13.2 Å². The number of hydrogen-bond donors (Lipinski definition) is 2. The minimum atomic E-state index is -1.26. The van der Waals surface area contributed by atoms with Gasteiger partial charge in [-0.15, -0.1) is 10.1 Å². The Morgan fingerprint density at radius 3 is 2.50 bits per heavy atom. The molecular formula is C10H13NO9. The third-order valence-corrected chi connectivity index (χ3v) is 3.50. The molecule has 5 atom stereocenters. The molecule has 0 radical (unpaired) electrons. The number of hydrogen-bond acceptors (Lipinski definition) is 7. The SMILES string of the molecule is O=C(O)CC(C(=O)O)[C@H]1CO[C@H]2[C@@H]1OC[C@@H]2O[N+](=O)[O-]. The molecule has 0 bridgehead atoms. The first-order chi connectivity index (χ1) is 9.40. The molecule has 0 aromatic carbocycles. The fourth-order valence-electron chi connectivity index (χ4n) is 2.65. The summed E-state index contributed by atoms with van der Waals surface area (Å²) in [6, 6.07) is 0. The molecule has 2 aliphatic heterocycles. The van der Waals surface area contributed by atoms with Crippen LogP contribution in [0, 0.1) is 22.0 Å². The molecule has 20 heavy (non-hydrogen) atoms. The van der Waals surface area contributed by atoms with Gasteiger partial charge in [0.15, 0.2) is 6.10 Å². The summed E-state index contributed by atoms with van der Waals surface area (Å²) in [6.45, 7) is -0.122. The third-order valence-electron chi connectivity index (χ3n) is 3.50. The summed E-state index contributed by atoms with van der Waals surface area (Å²) in [5.74, 6) is -4.34. The maximum atomic E-state index is 11.2. The molecule has 2 fully saturated rings. The number of rotatable bonds is 6. The Hall–Kier alpha value is -1.94. The van der Waals surface area contributed by atoms with Crippen LogP contribution in [0.2, 0.25) is 0 Å². The topological polar surface area (TPSA) is 145 Å². The van der Waals surface area contributed by atoms with Gasteiger partial charge in [-0.2, -0.15) is 0 Å². The lowest BCUT2D eigenvalue weighted by molar-refractivity contribution is -0.769. The molecule has 10 heteroatoms. The van der Waals surface area contributed by atoms with Crippen LogP contribution in [0.1, 0.15) is 6.42 Å². The maximum absolute atomic E-state index is 11.2. The van der Waals surface area contributed by atoms with Crippen LogP contribution in [0.5, 0.6) is 0 Å². The van der Waals surface area contributed by atoms with E-state index < -0.39 is 53.6 Å². The molecule has 0 aliphatic carbocycles. The molecule has 2 aliphatic rings. The Bertz CT molecular complexity index is 425. The first-order valence-corrected chi connectivity index (χ1v) is 5.89. The average molecular weight is 291 g/mol. The van der Waals surface area contributed by atoms with E-state index in [1.807, 2.05) is 0 Å². The van der Waals surface area contributed by atoms with Gasteiger partial charge in [0.25, 0.3) is 5.09 Å². The fourth-order valence-corrected chi connectivity index (χ4v) is 2.65. The Balaban J connectivity index is 2.07. The van der Waals surface area contributed by atoms with Crippen molar-refractivity contribution in [2.45, 2.75) is 24.7 Å². The standard InChI is InChI=1S/C10H13NO9/c12-7(13)1-4(10(14)15)5-2-18-9-6(20-11(16)17)3-19-8(5)9/h4-6,8-9H,1-3H2,(H,12,13)(H,14,15)/t4?,5-,6+,8-,9-/m1/s1. The zero-order chi connectivity index (χ0) is 14.9. The van der Waals surface area contributed by atoms with Crippen LogP contribution < -0.4 is 0 Å². The minimum Gasteiger partial charge on any atom is -0.481 e. The van der Waals surface area contributed by atoms with E-state index in [-0.39, 0.29) is 13.2 Å². The largest absolute Gasteiger partial charge is 0.481 e. The highest BCUT2D eigenvalue weighted by atomic mass is 17.0. The highest BCUT2D eigenvalue weighted by molar-refractivity contribution is 5.78. The highest BCUT2D eigenvalue weighted by Gasteiger charge is 2.53. The van der Waals surface area contributed by atoms with Crippen LogP contribution in [0.3, 0.4) is 0 Å². The zero-order valence-electron chi connectivity index (χ0n) is 10.2. The van der Waals surface area contributed by atoms with Crippen LogP contribution in [0.4, 0.5) is 0 Å². The molecule has 0 spiro atoms. The average Bonchev–Trinajstić information content (AvgIpc) is 2.88. The van der Waals surface area contributed by atoms with Gasteiger partial charge >= 0.3 is 11.9 Å². The molecule has 0 saturated carbocycles. The lowest BCUT2D eigenvalue weighted by atomic mass is 9.85. The van der Waals surface area contributed by atoms with E-state index in [1.165, 1.54) is 0 Å². The molecule has 2 saturated heterocycles. The van der Waals surface area contributed by atoms with Gasteiger partial charge in [-0.3, -0.25) is 9.59 Å². The molecule has 0 aromatic heterocycles. The Morgan fingerprint density at radius 1 is 1.30 bits per heavy atom. The Morgan fingerprint density at radius 2 is 1.95 bits per heavy atom. The summed E-state index contributed by atoms with van der Waals surface area (Å²) in [6.07, 6.45) is -2.93. The van der Waals surface area contributed by atoms with E-state index in [1.54, 1.807) is 0 Å². The lowest BCUT2D eigenvalue weighted by Gasteiger charge is -2.21. The molecule has 10 nitrogen and oxygen atoms in total. The Kier molecular flexibility index (Phi) is 4.04. The van der Waals surface area contributed by atoms with Gasteiger partial charge in [-0.1, -0.05) is 0 Å². The smallest absolute Gasteiger partial charge is 0.307 e. The van der Waals surface area contributed by atoms with Crippen molar-refractivity contribution in [2.24, 2.45) is 11.8 Å². The maximum Gasteiger partial charge on any atom is 0.307 e. The number of carboxylic acids is 2. The molecule has 2 heterocycles. The van der Waals surface area contributed by atoms with E-state index in [9.17, 15) is 19.7 Å². The van der Waals surface area contributed by atoms with Crippen molar-refractivity contribution in [1.82, 2.24) is 0 Å². The van der Waals surface area contributed by atoms with Crippen molar-refractivity contribution in [3.8, 4) is 0 Å². The molecule has 0 amide bonds. The van der Waals surface area contributed by atoms with Gasteiger partial charge in [0.1, 0.15) is 6.10 Å². The van der Waals surface area contributed by atoms with Gasteiger partial charge in [0.05, 0.1) is 31.7 Å². The van der Waals surface area contributed by atoms with Crippen LogP contribution in [-0.2, 0) is 23.9 Å². The summed E-state index contributed by atoms with van der Waals surface area (Å²) in [5, 5.41) is 27.2. The van der Waals surface area contributed by atoms with E-state index >= 15 is 0 Å². The second-order valence-electron chi connectivity index (χ2n) is 4.67. The summed E-state index contributed by atoms with van der Waals surface area (Å²) in [5.41, 5.74) is 0. The molecular weight excluding hydrogens is 278 g/mol. The summed E-state index contributed by atoms with van der Waals surface area (Å²) < 4.78 is 10.6. The molecule has 112 valence electrons. The normalized spacial score (nSPS) is 33.4. The summed E-state index contributed by atoms with van der Waals surface area (Å²) in [7, 11) is 0. The number of carboxylic acid groups (broad SMARTS) is 2. The minimum absolute atomic E-state index is 0.0306. The Labute approximate surface area is 112 Å². The van der Waals surface area contributed by atoms with Crippen LogP contribution in [-0.4, -0.2) is 58.8 Å². The van der Waals surface area contributed by atoms with Gasteiger partial charge in [0.2, 0.25) is 0 Å². The molecule has 2 N–H and O–H groups in total. The number of aliphatic carboxylic acids is 2. The van der Waals surface area contributed by atoms with Gasteiger partial charge in [-0.05, 0) is 0 Å². The number of ether oxygens (including phenoxy) is 2. The predicted molar refractivity (Wildman–Crippen MR) is 58.2 cm³/mol. The third kappa shape index (κ3) is 2.80. The second kappa shape index (κ2) is 5.59. The van der Waals surface area contributed by atoms with E-state index in [4.69, 9.17) is 19.7 Å².